The lowest BCUT2D eigenvalue weighted by Gasteiger charge is -2.27. The molecule has 2 aromatic rings. The van der Waals surface area contributed by atoms with Crippen molar-refractivity contribution in [3.8, 4) is 5.75 Å². The van der Waals surface area contributed by atoms with Gasteiger partial charge >= 0.3 is 0 Å². The van der Waals surface area contributed by atoms with Crippen molar-refractivity contribution in [1.82, 2.24) is 15.5 Å². The molecule has 0 aliphatic carbocycles. The fraction of sp³-hybridized carbons (Fsp3) is 0.379. The first-order valence-electron chi connectivity index (χ1n) is 13.7. The summed E-state index contributed by atoms with van der Waals surface area (Å²) in [6.45, 7) is 0.323. The Morgan fingerprint density at radius 3 is 2.12 bits per heavy atom. The van der Waals surface area contributed by atoms with Crippen LogP contribution in [0.15, 0.2) is 64.6 Å². The van der Waals surface area contributed by atoms with Crippen molar-refractivity contribution in [3.05, 3.63) is 65.7 Å². The molecular formula is C29H40N9O5. The van der Waals surface area contributed by atoms with Gasteiger partial charge in [0, 0.05) is 39.4 Å². The number of nitrogens with one attached hydrogen (secondary N) is 2. The van der Waals surface area contributed by atoms with Crippen molar-refractivity contribution in [2.45, 2.75) is 50.2 Å². The van der Waals surface area contributed by atoms with Crippen LogP contribution in [0.1, 0.15) is 30.4 Å². The summed E-state index contributed by atoms with van der Waals surface area (Å²) < 4.78 is 0. The van der Waals surface area contributed by atoms with Crippen molar-refractivity contribution in [2.75, 3.05) is 20.1 Å². The number of nitrogens with zero attached hydrogens (tertiary/aromatic N) is 3. The maximum atomic E-state index is 13.6. The fourth-order valence-electron chi connectivity index (χ4n) is 4.18. The monoisotopic (exact) mass is 594 g/mol. The van der Waals surface area contributed by atoms with Gasteiger partial charge in [-0.15, -0.1) is 0 Å². The molecule has 0 aliphatic rings. The van der Waals surface area contributed by atoms with Crippen LogP contribution in [0.3, 0.4) is 0 Å². The Labute approximate surface area is 250 Å². The summed E-state index contributed by atoms with van der Waals surface area (Å²) in [5, 5.41) is 15.1. The molecule has 0 aliphatic heterocycles. The summed E-state index contributed by atoms with van der Waals surface area (Å²) in [7, 11) is 1.53. The van der Waals surface area contributed by atoms with E-state index in [1.165, 1.54) is 24.1 Å². The Hall–Kier alpha value is -5.14. The number of hydrogen-bond acceptors (Lipinski definition) is 7. The van der Waals surface area contributed by atoms with Crippen LogP contribution in [0.25, 0.3) is 0 Å². The fourth-order valence-corrected chi connectivity index (χ4v) is 4.18. The molecule has 0 unspecified atom stereocenters. The standard InChI is InChI=1S/C29H40N9O5/c1-38(15-6-16-39)27(43)24(18-19-7-3-2-4-8-19)36-25(41)22(9-5-14-34-28(30)31)35-26(42)23(37-29(32)33)17-20-10-12-21(40)13-11-20/h2-4,7-8,10-13,22-24,40H,5-6,9,14-15,17-18H2,1H3,(H,35,42)(H,36,41)(H4,30,31,34)(H4,32,33,37)/t22-,23+,24+/m1/s1. The van der Waals surface area contributed by atoms with Crippen LogP contribution in [-0.2, 0) is 32.0 Å². The van der Waals surface area contributed by atoms with Gasteiger partial charge in [-0.1, -0.05) is 42.5 Å². The molecule has 14 nitrogen and oxygen atoms in total. The van der Waals surface area contributed by atoms with Gasteiger partial charge in [0.15, 0.2) is 18.2 Å². The van der Waals surface area contributed by atoms with Crippen LogP contribution in [0.5, 0.6) is 5.75 Å². The molecule has 0 fully saturated rings. The minimum absolute atomic E-state index is 0.0188. The average molecular weight is 595 g/mol. The third-order valence-corrected chi connectivity index (χ3v) is 6.37. The van der Waals surface area contributed by atoms with E-state index in [0.29, 0.717) is 12.0 Å². The number of carbonyl (C=O) groups is 3. The number of aromatic hydroxyl groups is 1. The van der Waals surface area contributed by atoms with Gasteiger partial charge in [0.2, 0.25) is 17.7 Å². The Morgan fingerprint density at radius 2 is 1.51 bits per heavy atom. The molecule has 43 heavy (non-hydrogen) atoms. The number of likely N-dealkylation sites (N-methyl/N-ethyl adjacent to an activating group) is 1. The number of benzene rings is 2. The zero-order valence-electron chi connectivity index (χ0n) is 24.1. The molecule has 231 valence electrons. The van der Waals surface area contributed by atoms with Crippen LogP contribution < -0.4 is 33.6 Å². The van der Waals surface area contributed by atoms with E-state index in [0.717, 1.165) is 5.56 Å². The third kappa shape index (κ3) is 12.5. The van der Waals surface area contributed by atoms with Crippen molar-refractivity contribution >= 4 is 35.9 Å². The number of phenols is 1. The molecule has 2 rings (SSSR count). The van der Waals surface area contributed by atoms with Crippen LogP contribution >= 0.6 is 0 Å². The maximum absolute atomic E-state index is 13.6. The minimum Gasteiger partial charge on any atom is -0.508 e. The highest BCUT2D eigenvalue weighted by molar-refractivity contribution is 5.94. The minimum atomic E-state index is -1.10. The molecule has 1 radical (unpaired) electrons. The topological polar surface area (TPSA) is 245 Å². The van der Waals surface area contributed by atoms with Crippen molar-refractivity contribution < 1.29 is 24.3 Å². The molecule has 0 heterocycles. The number of hydrogen-bond donors (Lipinski definition) is 7. The van der Waals surface area contributed by atoms with Gasteiger partial charge in [-0.25, -0.2) is 4.99 Å². The van der Waals surface area contributed by atoms with E-state index in [9.17, 15) is 24.3 Å². The number of aliphatic imine (C=N–C) groups is 2. The molecular weight excluding hydrogens is 554 g/mol. The summed E-state index contributed by atoms with van der Waals surface area (Å²) in [6.07, 6.45) is 2.49. The molecule has 2 aromatic carbocycles. The van der Waals surface area contributed by atoms with E-state index in [1.807, 2.05) is 30.3 Å². The number of amides is 3. The third-order valence-electron chi connectivity index (χ3n) is 6.37. The average Bonchev–Trinajstić information content (AvgIpc) is 2.97. The second-order valence-electron chi connectivity index (χ2n) is 9.86. The van der Waals surface area contributed by atoms with Gasteiger partial charge in [0.05, 0.1) is 0 Å². The summed E-state index contributed by atoms with van der Waals surface area (Å²) in [6, 6.07) is 12.1. The molecule has 0 bridgehead atoms. The molecule has 0 spiro atoms. The van der Waals surface area contributed by atoms with Gasteiger partial charge in [-0.3, -0.25) is 24.2 Å². The number of guanidine groups is 2. The van der Waals surface area contributed by atoms with E-state index in [1.54, 1.807) is 18.4 Å². The molecule has 14 heteroatoms. The number of carbonyl (C=O) groups excluding carboxylic acids is 4. The second kappa shape index (κ2) is 17.6. The van der Waals surface area contributed by atoms with Gasteiger partial charge in [-0.2, -0.15) is 0 Å². The summed E-state index contributed by atoms with van der Waals surface area (Å²) in [5.74, 6) is -2.04. The van der Waals surface area contributed by atoms with Crippen LogP contribution in [-0.4, -0.2) is 84.2 Å². The lowest BCUT2D eigenvalue weighted by Crippen LogP contribution is -2.56. The van der Waals surface area contributed by atoms with Crippen molar-refractivity contribution in [3.63, 3.8) is 0 Å². The molecule has 0 aromatic heterocycles. The van der Waals surface area contributed by atoms with Crippen LogP contribution in [0, 0.1) is 0 Å². The van der Waals surface area contributed by atoms with E-state index in [2.05, 4.69) is 20.6 Å². The molecule has 3 atom stereocenters. The van der Waals surface area contributed by atoms with E-state index < -0.39 is 35.8 Å². The smallest absolute Gasteiger partial charge is 0.245 e. The zero-order valence-corrected chi connectivity index (χ0v) is 24.1. The Morgan fingerprint density at radius 1 is 0.884 bits per heavy atom. The highest BCUT2D eigenvalue weighted by Gasteiger charge is 2.30. The van der Waals surface area contributed by atoms with E-state index in [4.69, 9.17) is 22.9 Å². The number of rotatable bonds is 17. The predicted molar refractivity (Wildman–Crippen MR) is 163 cm³/mol. The lowest BCUT2D eigenvalue weighted by atomic mass is 10.0. The van der Waals surface area contributed by atoms with Gasteiger partial charge < -0.3 is 43.6 Å². The van der Waals surface area contributed by atoms with E-state index >= 15 is 0 Å². The SMILES string of the molecule is CN(CC[C]=O)C(=O)[C@H](Cc1ccccc1)NC(=O)[C@@H](CCCN=C(N)N)NC(=O)[C@H](Cc1ccc(O)cc1)N=C(N)N. The lowest BCUT2D eigenvalue weighted by molar-refractivity contribution is -0.136. The van der Waals surface area contributed by atoms with Gasteiger partial charge in [0.1, 0.15) is 23.9 Å². The van der Waals surface area contributed by atoms with Gasteiger partial charge in [-0.05, 0) is 36.1 Å². The largest absolute Gasteiger partial charge is 0.508 e. The summed E-state index contributed by atoms with van der Waals surface area (Å²) >= 11 is 0. The Kier molecular flexibility index (Phi) is 14.0. The predicted octanol–water partition coefficient (Wildman–Crippen LogP) is -1.20. The number of nitrogens with two attached hydrogens (primary N) is 4. The Balaban J connectivity index is 2.31. The quantitative estimate of drug-likeness (QED) is 0.0659. The zero-order chi connectivity index (χ0) is 31.8. The molecule has 11 N–H and O–H groups in total. The molecule has 3 amide bonds. The molecule has 0 saturated heterocycles. The van der Waals surface area contributed by atoms with Crippen molar-refractivity contribution in [1.29, 1.82) is 0 Å². The highest BCUT2D eigenvalue weighted by atomic mass is 16.3. The second-order valence-corrected chi connectivity index (χ2v) is 9.86. The first-order chi connectivity index (χ1) is 20.5. The number of phenolic OH excluding ortho intramolecular Hbond substituents is 1. The van der Waals surface area contributed by atoms with Crippen LogP contribution in [0.2, 0.25) is 0 Å². The van der Waals surface area contributed by atoms with Crippen LogP contribution in [0.4, 0.5) is 0 Å². The Bertz CT molecular complexity index is 1260. The maximum Gasteiger partial charge on any atom is 0.245 e. The first kappa shape index (κ1) is 34.1. The van der Waals surface area contributed by atoms with Crippen molar-refractivity contribution in [2.24, 2.45) is 32.9 Å². The van der Waals surface area contributed by atoms with Gasteiger partial charge in [0.25, 0.3) is 0 Å². The van der Waals surface area contributed by atoms with E-state index in [-0.39, 0.29) is 56.4 Å². The summed E-state index contributed by atoms with van der Waals surface area (Å²) in [4.78, 5) is 60.4. The molecule has 0 saturated carbocycles. The summed E-state index contributed by atoms with van der Waals surface area (Å²) in [5.41, 5.74) is 23.5. The highest BCUT2D eigenvalue weighted by Crippen LogP contribution is 2.14. The first-order valence-corrected chi connectivity index (χ1v) is 13.7. The normalized spacial score (nSPS) is 12.6.